The lowest BCUT2D eigenvalue weighted by Crippen LogP contribution is -2.57. The Hall–Kier alpha value is -0.0100. The summed E-state index contributed by atoms with van der Waals surface area (Å²) in [6.45, 7) is 4.51. The van der Waals surface area contributed by atoms with Gasteiger partial charge in [-0.25, -0.2) is 4.67 Å². The minimum Gasteiger partial charge on any atom is -0.379 e. The highest BCUT2D eigenvalue weighted by Crippen LogP contribution is 2.36. The Labute approximate surface area is 95.2 Å². The van der Waals surface area contributed by atoms with Crippen LogP contribution in [0.15, 0.2) is 0 Å². The highest BCUT2D eigenvalue weighted by Gasteiger charge is 2.36. The normalized spacial score (nSPS) is 30.5. The van der Waals surface area contributed by atoms with Crippen LogP contribution in [-0.2, 0) is 14.0 Å². The Morgan fingerprint density at radius 2 is 1.69 bits per heavy atom. The number of hydrogen-bond acceptors (Lipinski definition) is 4. The van der Waals surface area contributed by atoms with Gasteiger partial charge in [0.1, 0.15) is 0 Å². The molecule has 0 aromatic heterocycles. The maximum Gasteiger partial charge on any atom is 0.277 e. The lowest BCUT2D eigenvalue weighted by molar-refractivity contribution is -0.0733. The molecule has 0 radical (unpaired) electrons. The monoisotopic (exact) mass is 250 g/mol. The van der Waals surface area contributed by atoms with Crippen molar-refractivity contribution in [1.82, 2.24) is 9.57 Å². The predicted octanol–water partition coefficient (Wildman–Crippen LogP) is -0.998. The van der Waals surface area contributed by atoms with Crippen LogP contribution in [0.3, 0.4) is 0 Å². The molecule has 2 rings (SSSR count). The third-order valence-corrected chi connectivity index (χ3v) is 4.21. The first-order valence-electron chi connectivity index (χ1n) is 5.43. The Bertz CT molecular complexity index is 278. The molecule has 0 aromatic carbocycles. The van der Waals surface area contributed by atoms with Crippen LogP contribution in [0.1, 0.15) is 0 Å². The minimum absolute atomic E-state index is 0.0847. The third kappa shape index (κ3) is 2.81. The predicted molar refractivity (Wildman–Crippen MR) is 59.7 cm³/mol. The molecule has 1 atom stereocenters. The van der Waals surface area contributed by atoms with Crippen LogP contribution >= 0.6 is 7.59 Å². The second-order valence-electron chi connectivity index (χ2n) is 4.04. The molecule has 1 unspecified atom stereocenters. The van der Waals surface area contributed by atoms with Gasteiger partial charge < -0.3 is 9.47 Å². The zero-order valence-corrected chi connectivity index (χ0v) is 10.1. The highest BCUT2D eigenvalue weighted by molar-refractivity contribution is 7.56. The van der Waals surface area contributed by atoms with E-state index < -0.39 is 7.59 Å². The zero-order valence-electron chi connectivity index (χ0n) is 9.25. The smallest absolute Gasteiger partial charge is 0.277 e. The van der Waals surface area contributed by atoms with Crippen LogP contribution < -0.4 is 11.0 Å². The third-order valence-electron chi connectivity index (χ3n) is 2.94. The zero-order chi connectivity index (χ0) is 11.6. The van der Waals surface area contributed by atoms with E-state index in [2.05, 4.69) is 4.90 Å². The first kappa shape index (κ1) is 12.4. The van der Waals surface area contributed by atoms with E-state index in [4.69, 9.17) is 20.5 Å². The van der Waals surface area contributed by atoms with Crippen molar-refractivity contribution in [3.63, 3.8) is 0 Å². The van der Waals surface area contributed by atoms with Crippen LogP contribution in [0.25, 0.3) is 0 Å². The Balaban J connectivity index is 2.06. The molecule has 0 saturated carbocycles. The largest absolute Gasteiger partial charge is 0.379 e. The first-order valence-corrected chi connectivity index (χ1v) is 7.22. The van der Waals surface area contributed by atoms with E-state index >= 15 is 0 Å². The topological polar surface area (TPSA) is 94.0 Å². The fourth-order valence-corrected chi connectivity index (χ4v) is 3.14. The molecule has 2 aliphatic heterocycles. The van der Waals surface area contributed by atoms with Crippen molar-refractivity contribution in [3.05, 3.63) is 0 Å². The van der Waals surface area contributed by atoms with Gasteiger partial charge in [-0.3, -0.25) is 20.5 Å². The van der Waals surface area contributed by atoms with Crippen molar-refractivity contribution in [2.45, 2.75) is 6.17 Å². The van der Waals surface area contributed by atoms with Crippen LogP contribution in [0.5, 0.6) is 0 Å². The highest BCUT2D eigenvalue weighted by atomic mass is 31.2. The van der Waals surface area contributed by atoms with Crippen LogP contribution in [0.4, 0.5) is 0 Å². The Kier molecular flexibility index (Phi) is 3.97. The molecule has 2 saturated heterocycles. The van der Waals surface area contributed by atoms with E-state index in [9.17, 15) is 4.57 Å². The van der Waals surface area contributed by atoms with Gasteiger partial charge in [-0.15, -0.1) is 0 Å². The molecule has 94 valence electrons. The summed E-state index contributed by atoms with van der Waals surface area (Å²) in [4.78, 5) is 2.16. The van der Waals surface area contributed by atoms with E-state index in [0.29, 0.717) is 33.0 Å². The fraction of sp³-hybridized carbons (Fsp3) is 1.00. The van der Waals surface area contributed by atoms with Crippen LogP contribution in [-0.4, -0.2) is 61.8 Å². The van der Waals surface area contributed by atoms with Crippen molar-refractivity contribution in [2.75, 3.05) is 46.1 Å². The molecular formula is C8H19N4O3P. The van der Waals surface area contributed by atoms with Gasteiger partial charge >= 0.3 is 0 Å². The maximum absolute atomic E-state index is 11.8. The number of hydrogen-bond donors (Lipinski definition) is 2. The van der Waals surface area contributed by atoms with E-state index in [1.165, 1.54) is 0 Å². The second kappa shape index (κ2) is 5.10. The lowest BCUT2D eigenvalue weighted by Gasteiger charge is -2.44. The minimum atomic E-state index is -3.19. The molecule has 0 amide bonds. The number of rotatable bonds is 2. The number of nitrogens with zero attached hydrogens (tertiary/aromatic N) is 2. The summed E-state index contributed by atoms with van der Waals surface area (Å²) < 4.78 is 24.1. The average molecular weight is 250 g/mol. The second-order valence-corrected chi connectivity index (χ2v) is 5.90. The quantitative estimate of drug-likeness (QED) is 0.607. The van der Waals surface area contributed by atoms with Crippen molar-refractivity contribution >= 4 is 7.59 Å². The summed E-state index contributed by atoms with van der Waals surface area (Å²) in [5.41, 5.74) is 11.1. The summed E-state index contributed by atoms with van der Waals surface area (Å²) in [5, 5.41) is 0. The molecule has 8 heteroatoms. The molecule has 16 heavy (non-hydrogen) atoms. The summed E-state index contributed by atoms with van der Waals surface area (Å²) in [6, 6.07) is 0. The van der Waals surface area contributed by atoms with E-state index in [-0.39, 0.29) is 6.17 Å². The van der Waals surface area contributed by atoms with E-state index in [1.807, 2.05) is 0 Å². The summed E-state index contributed by atoms with van der Waals surface area (Å²) in [7, 11) is -3.19. The van der Waals surface area contributed by atoms with E-state index in [1.54, 1.807) is 4.67 Å². The van der Waals surface area contributed by atoms with Crippen molar-refractivity contribution in [1.29, 1.82) is 0 Å². The molecule has 4 N–H and O–H groups in total. The van der Waals surface area contributed by atoms with Crippen molar-refractivity contribution in [2.24, 2.45) is 11.0 Å². The average Bonchev–Trinajstić information content (AvgIpc) is 2.29. The van der Waals surface area contributed by atoms with Crippen molar-refractivity contribution < 1.29 is 14.0 Å². The molecule has 7 nitrogen and oxygen atoms in total. The molecular weight excluding hydrogens is 231 g/mol. The lowest BCUT2D eigenvalue weighted by atomic mass is 10.3. The van der Waals surface area contributed by atoms with E-state index in [0.717, 1.165) is 13.1 Å². The van der Waals surface area contributed by atoms with Gasteiger partial charge in [0.15, 0.2) is 0 Å². The van der Waals surface area contributed by atoms with Gasteiger partial charge in [0.25, 0.3) is 7.59 Å². The SMILES string of the molecule is NP(N)(=O)N1CCOCC1N1CCOCC1. The summed E-state index contributed by atoms with van der Waals surface area (Å²) in [5.74, 6) is 0. The molecule has 2 heterocycles. The van der Waals surface area contributed by atoms with Gasteiger partial charge in [0.2, 0.25) is 0 Å². The van der Waals surface area contributed by atoms with Gasteiger partial charge in [0.05, 0.1) is 32.6 Å². The number of nitrogens with two attached hydrogens (primary N) is 2. The maximum atomic E-state index is 11.8. The molecule has 0 spiro atoms. The Morgan fingerprint density at radius 3 is 2.31 bits per heavy atom. The van der Waals surface area contributed by atoms with Gasteiger partial charge in [-0.2, -0.15) is 0 Å². The van der Waals surface area contributed by atoms with Crippen LogP contribution in [0.2, 0.25) is 0 Å². The molecule has 0 bridgehead atoms. The summed E-state index contributed by atoms with van der Waals surface area (Å²) >= 11 is 0. The van der Waals surface area contributed by atoms with Crippen LogP contribution in [0, 0.1) is 0 Å². The molecule has 0 aliphatic carbocycles. The standard InChI is InChI=1S/C8H19N4O3P/c9-16(10,13)12-3-6-15-7-8(12)11-1-4-14-5-2-11/h8H,1-7H2,(H4,9,10,13). The van der Waals surface area contributed by atoms with Gasteiger partial charge in [-0.1, -0.05) is 0 Å². The van der Waals surface area contributed by atoms with Gasteiger partial charge in [-0.05, 0) is 0 Å². The Morgan fingerprint density at radius 1 is 1.06 bits per heavy atom. The fourth-order valence-electron chi connectivity index (χ4n) is 2.12. The molecule has 0 aromatic rings. The summed E-state index contributed by atoms with van der Waals surface area (Å²) in [6.07, 6.45) is -0.0847. The van der Waals surface area contributed by atoms with Crippen molar-refractivity contribution in [3.8, 4) is 0 Å². The molecule has 2 fully saturated rings. The number of ether oxygens (including phenoxy) is 2. The van der Waals surface area contributed by atoms with Gasteiger partial charge in [0, 0.05) is 19.6 Å². The number of morpholine rings is 2. The molecule has 2 aliphatic rings. The first-order chi connectivity index (χ1) is 7.59.